The smallest absolute Gasteiger partial charge is 0.267 e. The monoisotopic (exact) mass is 385 g/mol. The van der Waals surface area contributed by atoms with Gasteiger partial charge in [-0.3, -0.25) is 4.79 Å². The lowest BCUT2D eigenvalue weighted by atomic mass is 10.1. The van der Waals surface area contributed by atoms with Crippen molar-refractivity contribution >= 4 is 11.0 Å². The molecule has 8 nitrogen and oxygen atoms in total. The molecule has 8 heteroatoms. The minimum absolute atomic E-state index is 0.0605. The molecule has 2 N–H and O–H groups in total. The fraction of sp³-hybridized carbons (Fsp3) is 0.0476. The van der Waals surface area contributed by atoms with Crippen LogP contribution in [0, 0.1) is 6.92 Å². The van der Waals surface area contributed by atoms with Gasteiger partial charge in [0.2, 0.25) is 5.82 Å². The average molecular weight is 385 g/mol. The van der Waals surface area contributed by atoms with E-state index >= 15 is 0 Å². The minimum Gasteiger partial charge on any atom is -0.506 e. The number of aromatic nitrogens is 5. The first-order valence-electron chi connectivity index (χ1n) is 8.91. The fourth-order valence-corrected chi connectivity index (χ4v) is 3.24. The van der Waals surface area contributed by atoms with E-state index in [9.17, 15) is 9.90 Å². The van der Waals surface area contributed by atoms with Crippen molar-refractivity contribution in [2.75, 3.05) is 0 Å². The Bertz CT molecular complexity index is 1400. The van der Waals surface area contributed by atoms with Gasteiger partial charge in [0.1, 0.15) is 17.0 Å². The predicted molar refractivity (Wildman–Crippen MR) is 107 cm³/mol. The van der Waals surface area contributed by atoms with Crippen LogP contribution in [0.2, 0.25) is 0 Å². The summed E-state index contributed by atoms with van der Waals surface area (Å²) < 4.78 is 6.83. The molecule has 0 unspecified atom stereocenters. The number of nitrogens with zero attached hydrogens (tertiary/aromatic N) is 4. The first-order chi connectivity index (χ1) is 14.1. The van der Waals surface area contributed by atoms with Gasteiger partial charge in [0.25, 0.3) is 11.4 Å². The van der Waals surface area contributed by atoms with Gasteiger partial charge in [0, 0.05) is 5.56 Å². The quantitative estimate of drug-likeness (QED) is 0.492. The van der Waals surface area contributed by atoms with Gasteiger partial charge in [0.15, 0.2) is 0 Å². The van der Waals surface area contributed by atoms with E-state index in [-0.39, 0.29) is 17.2 Å². The maximum Gasteiger partial charge on any atom is 0.267 e. The molecular formula is C21H15N5O3. The number of hydrogen-bond donors (Lipinski definition) is 2. The van der Waals surface area contributed by atoms with E-state index < -0.39 is 5.56 Å². The highest BCUT2D eigenvalue weighted by Crippen LogP contribution is 2.32. The van der Waals surface area contributed by atoms with Crippen molar-refractivity contribution in [3.05, 3.63) is 76.7 Å². The summed E-state index contributed by atoms with van der Waals surface area (Å²) in [5.74, 6) is 0.0163. The lowest BCUT2D eigenvalue weighted by Gasteiger charge is -2.04. The van der Waals surface area contributed by atoms with Crippen molar-refractivity contribution < 1.29 is 9.63 Å². The normalized spacial score (nSPS) is 11.2. The second kappa shape index (κ2) is 6.45. The number of rotatable bonds is 3. The zero-order valence-corrected chi connectivity index (χ0v) is 15.3. The Balaban J connectivity index is 1.65. The fourth-order valence-electron chi connectivity index (χ4n) is 3.24. The number of nitrogens with one attached hydrogen (secondary N) is 1. The van der Waals surface area contributed by atoms with Gasteiger partial charge in [-0.25, -0.2) is 4.68 Å². The van der Waals surface area contributed by atoms with Gasteiger partial charge in [-0.05, 0) is 25.1 Å². The summed E-state index contributed by atoms with van der Waals surface area (Å²) in [5, 5.41) is 19.4. The standard InChI is InChI=1S/C21H15N5O3/c1-12-6-5-7-13(10-12)18-23-21(29-25-18)16-17(27)15-11-22-26(19(15)24-20(16)28)14-8-3-2-4-9-14/h2-11H,1H3,(H2,24,27,28). The Hall–Kier alpha value is -4.20. The third-order valence-electron chi connectivity index (χ3n) is 4.64. The van der Waals surface area contributed by atoms with Crippen molar-refractivity contribution in [3.8, 4) is 34.3 Å². The van der Waals surface area contributed by atoms with E-state index in [1.54, 1.807) is 4.68 Å². The highest BCUT2D eigenvalue weighted by Gasteiger charge is 2.22. The molecule has 2 aromatic carbocycles. The molecule has 0 atom stereocenters. The van der Waals surface area contributed by atoms with Crippen LogP contribution in [0.4, 0.5) is 0 Å². The van der Waals surface area contributed by atoms with E-state index in [4.69, 9.17) is 4.52 Å². The maximum absolute atomic E-state index is 12.8. The first kappa shape index (κ1) is 16.9. The van der Waals surface area contributed by atoms with Crippen molar-refractivity contribution in [1.29, 1.82) is 0 Å². The Morgan fingerprint density at radius 1 is 1.10 bits per heavy atom. The number of benzene rings is 2. The van der Waals surface area contributed by atoms with E-state index in [1.807, 2.05) is 61.5 Å². The predicted octanol–water partition coefficient (Wildman–Crippen LogP) is 3.44. The van der Waals surface area contributed by atoms with Crippen LogP contribution in [0.5, 0.6) is 5.75 Å². The average Bonchev–Trinajstić information content (AvgIpc) is 3.36. The molecule has 0 amide bonds. The van der Waals surface area contributed by atoms with Crippen LogP contribution in [0.1, 0.15) is 5.56 Å². The van der Waals surface area contributed by atoms with Gasteiger partial charge in [-0.1, -0.05) is 47.1 Å². The van der Waals surface area contributed by atoms with E-state index in [0.717, 1.165) is 16.8 Å². The Labute approximate surface area is 164 Å². The van der Waals surface area contributed by atoms with Gasteiger partial charge >= 0.3 is 0 Å². The summed E-state index contributed by atoms with van der Waals surface area (Å²) in [6, 6.07) is 16.9. The summed E-state index contributed by atoms with van der Waals surface area (Å²) >= 11 is 0. The zero-order valence-electron chi connectivity index (χ0n) is 15.3. The van der Waals surface area contributed by atoms with Crippen molar-refractivity contribution in [2.24, 2.45) is 0 Å². The molecule has 0 aliphatic heterocycles. The van der Waals surface area contributed by atoms with Crippen LogP contribution in [0.3, 0.4) is 0 Å². The van der Waals surface area contributed by atoms with Gasteiger partial charge in [0.05, 0.1) is 17.3 Å². The second-order valence-electron chi connectivity index (χ2n) is 6.62. The highest BCUT2D eigenvalue weighted by atomic mass is 16.5. The van der Waals surface area contributed by atoms with Crippen LogP contribution in [0.15, 0.2) is 70.1 Å². The number of para-hydroxylation sites is 1. The number of H-pyrrole nitrogens is 1. The molecule has 3 aromatic heterocycles. The molecule has 5 rings (SSSR count). The largest absolute Gasteiger partial charge is 0.506 e. The highest BCUT2D eigenvalue weighted by molar-refractivity contribution is 5.89. The van der Waals surface area contributed by atoms with Crippen molar-refractivity contribution in [1.82, 2.24) is 24.9 Å². The molecule has 0 bridgehead atoms. The molecular weight excluding hydrogens is 370 g/mol. The maximum atomic E-state index is 12.8. The number of fused-ring (bicyclic) bond motifs is 1. The summed E-state index contributed by atoms with van der Waals surface area (Å²) in [7, 11) is 0. The third kappa shape index (κ3) is 2.78. The van der Waals surface area contributed by atoms with Gasteiger partial charge in [-0.2, -0.15) is 10.1 Å². The molecule has 0 aliphatic rings. The number of hydrogen-bond acceptors (Lipinski definition) is 6. The summed E-state index contributed by atoms with van der Waals surface area (Å²) in [5.41, 5.74) is 2.30. The number of aromatic amines is 1. The summed E-state index contributed by atoms with van der Waals surface area (Å²) in [4.78, 5) is 19.8. The lowest BCUT2D eigenvalue weighted by molar-refractivity contribution is 0.426. The number of aromatic hydroxyl groups is 1. The molecule has 0 radical (unpaired) electrons. The minimum atomic E-state index is -0.549. The van der Waals surface area contributed by atoms with Crippen molar-refractivity contribution in [3.63, 3.8) is 0 Å². The Morgan fingerprint density at radius 3 is 2.72 bits per heavy atom. The summed E-state index contributed by atoms with van der Waals surface area (Å²) in [6.07, 6.45) is 1.48. The molecule has 5 aromatic rings. The lowest BCUT2D eigenvalue weighted by Crippen LogP contribution is -2.11. The number of aryl methyl sites for hydroxylation is 1. The first-order valence-corrected chi connectivity index (χ1v) is 8.91. The van der Waals surface area contributed by atoms with E-state index in [0.29, 0.717) is 16.9 Å². The molecule has 142 valence electrons. The molecule has 3 heterocycles. The molecule has 0 aliphatic carbocycles. The molecule has 0 saturated heterocycles. The van der Waals surface area contributed by atoms with Crippen molar-refractivity contribution in [2.45, 2.75) is 6.92 Å². The van der Waals surface area contributed by atoms with E-state index in [2.05, 4.69) is 20.2 Å². The molecule has 29 heavy (non-hydrogen) atoms. The second-order valence-corrected chi connectivity index (χ2v) is 6.62. The topological polar surface area (TPSA) is 110 Å². The molecule has 0 fully saturated rings. The van der Waals surface area contributed by atoms with Crippen LogP contribution >= 0.6 is 0 Å². The van der Waals surface area contributed by atoms with Crippen LogP contribution in [0.25, 0.3) is 39.6 Å². The number of pyridine rings is 1. The van der Waals surface area contributed by atoms with Crippen LogP contribution in [-0.2, 0) is 0 Å². The summed E-state index contributed by atoms with van der Waals surface area (Å²) in [6.45, 7) is 1.96. The Morgan fingerprint density at radius 2 is 1.93 bits per heavy atom. The third-order valence-corrected chi connectivity index (χ3v) is 4.64. The zero-order chi connectivity index (χ0) is 20.0. The van der Waals surface area contributed by atoms with E-state index in [1.165, 1.54) is 6.20 Å². The molecule has 0 spiro atoms. The Kier molecular flexibility index (Phi) is 3.77. The van der Waals surface area contributed by atoms with Crippen LogP contribution < -0.4 is 5.56 Å². The SMILES string of the molecule is Cc1cccc(-c2noc(-c3c(O)c4cnn(-c5ccccc5)c4[nH]c3=O)n2)c1. The van der Waals surface area contributed by atoms with Gasteiger partial charge in [-0.15, -0.1) is 0 Å². The van der Waals surface area contributed by atoms with Crippen LogP contribution in [-0.4, -0.2) is 30.0 Å². The molecule has 0 saturated carbocycles. The van der Waals surface area contributed by atoms with Gasteiger partial charge < -0.3 is 14.6 Å².